The number of aromatic nitrogens is 2. The zero-order valence-electron chi connectivity index (χ0n) is 14.5. The van der Waals surface area contributed by atoms with E-state index in [0.29, 0.717) is 23.6 Å². The van der Waals surface area contributed by atoms with Gasteiger partial charge in [0.05, 0.1) is 24.9 Å². The lowest BCUT2D eigenvalue weighted by molar-refractivity contribution is 0.237. The largest absolute Gasteiger partial charge is 0.496 e. The molecule has 3 rings (SSSR count). The fourth-order valence-electron chi connectivity index (χ4n) is 2.94. The molecule has 0 saturated carbocycles. The molecule has 1 aromatic heterocycles. The first-order chi connectivity index (χ1) is 12.0. The molecule has 0 unspecified atom stereocenters. The molecule has 1 heterocycles. The summed E-state index contributed by atoms with van der Waals surface area (Å²) in [4.78, 5) is 14.7. The third kappa shape index (κ3) is 3.67. The fourth-order valence-corrected chi connectivity index (χ4v) is 3.14. The zero-order chi connectivity index (χ0) is 18.0. The van der Waals surface area contributed by atoms with Crippen LogP contribution < -0.4 is 10.3 Å². The fraction of sp³-hybridized carbons (Fsp3) is 0.263. The lowest BCUT2D eigenvalue weighted by Crippen LogP contribution is -2.32. The van der Waals surface area contributed by atoms with Crippen molar-refractivity contribution in [3.63, 3.8) is 0 Å². The van der Waals surface area contributed by atoms with E-state index in [1.165, 1.54) is 4.68 Å². The van der Waals surface area contributed by atoms with E-state index >= 15 is 0 Å². The monoisotopic (exact) mass is 357 g/mol. The number of nitrogens with zero attached hydrogens (tertiary/aromatic N) is 3. The van der Waals surface area contributed by atoms with Crippen LogP contribution in [0, 0.1) is 6.92 Å². The van der Waals surface area contributed by atoms with Crippen LogP contribution in [0.15, 0.2) is 47.3 Å². The molecule has 0 N–H and O–H groups in total. The Morgan fingerprint density at radius 2 is 1.92 bits per heavy atom. The van der Waals surface area contributed by atoms with Gasteiger partial charge in [-0.2, -0.15) is 5.10 Å². The maximum absolute atomic E-state index is 12.7. The van der Waals surface area contributed by atoms with Crippen molar-refractivity contribution in [1.29, 1.82) is 0 Å². The average Bonchev–Trinajstić information content (AvgIpc) is 2.59. The summed E-state index contributed by atoms with van der Waals surface area (Å²) in [5.41, 5.74) is 1.71. The highest BCUT2D eigenvalue weighted by Gasteiger charge is 2.11. The Morgan fingerprint density at radius 1 is 1.20 bits per heavy atom. The molecular formula is C19H20ClN3O2. The van der Waals surface area contributed by atoms with Crippen LogP contribution in [0.5, 0.6) is 5.75 Å². The highest BCUT2D eigenvalue weighted by molar-refractivity contribution is 6.30. The maximum Gasteiger partial charge on any atom is 0.275 e. The van der Waals surface area contributed by atoms with Crippen molar-refractivity contribution in [2.24, 2.45) is 0 Å². The van der Waals surface area contributed by atoms with Gasteiger partial charge < -0.3 is 4.74 Å². The van der Waals surface area contributed by atoms with Crippen LogP contribution in [-0.4, -0.2) is 28.8 Å². The van der Waals surface area contributed by atoms with Crippen molar-refractivity contribution in [3.05, 3.63) is 69.1 Å². The van der Waals surface area contributed by atoms with E-state index in [1.54, 1.807) is 13.2 Å². The molecule has 0 atom stereocenters. The van der Waals surface area contributed by atoms with Crippen LogP contribution in [-0.2, 0) is 13.2 Å². The van der Waals surface area contributed by atoms with Gasteiger partial charge >= 0.3 is 0 Å². The third-order valence-electron chi connectivity index (χ3n) is 4.11. The van der Waals surface area contributed by atoms with Crippen molar-refractivity contribution in [3.8, 4) is 5.75 Å². The molecule has 0 aliphatic carbocycles. The van der Waals surface area contributed by atoms with Crippen molar-refractivity contribution < 1.29 is 4.74 Å². The van der Waals surface area contributed by atoms with Crippen molar-refractivity contribution >= 4 is 22.4 Å². The standard InChI is InChI=1S/C19H20ClN3O2/c1-13-16-6-4-5-7-17(16)19(24)23(21-13)12-22(2)11-14-10-15(20)8-9-18(14)25-3/h4-10H,11-12H2,1-3H3. The molecule has 0 aliphatic rings. The highest BCUT2D eigenvalue weighted by Crippen LogP contribution is 2.23. The minimum Gasteiger partial charge on any atom is -0.496 e. The van der Waals surface area contributed by atoms with Gasteiger partial charge in [0.1, 0.15) is 5.75 Å². The summed E-state index contributed by atoms with van der Waals surface area (Å²) >= 11 is 6.09. The van der Waals surface area contributed by atoms with E-state index in [9.17, 15) is 4.79 Å². The van der Waals surface area contributed by atoms with Gasteiger partial charge in [-0.1, -0.05) is 29.8 Å². The lowest BCUT2D eigenvalue weighted by atomic mass is 10.1. The average molecular weight is 358 g/mol. The summed E-state index contributed by atoms with van der Waals surface area (Å²) in [5, 5.41) is 6.68. The van der Waals surface area contributed by atoms with Gasteiger partial charge in [0.2, 0.25) is 0 Å². The summed E-state index contributed by atoms with van der Waals surface area (Å²) < 4.78 is 6.88. The predicted molar refractivity (Wildman–Crippen MR) is 100 cm³/mol. The molecular weight excluding hydrogens is 338 g/mol. The Labute approximate surface area is 151 Å². The highest BCUT2D eigenvalue weighted by atomic mass is 35.5. The third-order valence-corrected chi connectivity index (χ3v) is 4.35. The second-order valence-corrected chi connectivity index (χ2v) is 6.48. The molecule has 0 spiro atoms. The summed E-state index contributed by atoms with van der Waals surface area (Å²) in [6, 6.07) is 13.1. The van der Waals surface area contributed by atoms with Crippen LogP contribution in [0.4, 0.5) is 0 Å². The molecule has 6 heteroatoms. The SMILES string of the molecule is COc1ccc(Cl)cc1CN(C)Cn1nc(C)c2ccccc2c1=O. The van der Waals surface area contributed by atoms with Crippen LogP contribution in [0.25, 0.3) is 10.8 Å². The molecule has 25 heavy (non-hydrogen) atoms. The molecule has 0 fully saturated rings. The molecule has 3 aromatic rings. The summed E-state index contributed by atoms with van der Waals surface area (Å²) in [6.07, 6.45) is 0. The minimum absolute atomic E-state index is 0.0916. The van der Waals surface area contributed by atoms with E-state index in [0.717, 1.165) is 22.4 Å². The summed E-state index contributed by atoms with van der Waals surface area (Å²) in [5.74, 6) is 0.770. The van der Waals surface area contributed by atoms with E-state index < -0.39 is 0 Å². The van der Waals surface area contributed by atoms with Crippen molar-refractivity contribution in [2.75, 3.05) is 14.2 Å². The number of hydrogen-bond donors (Lipinski definition) is 0. The van der Waals surface area contributed by atoms with Crippen molar-refractivity contribution in [2.45, 2.75) is 20.1 Å². The Hall–Kier alpha value is -2.37. The molecule has 0 amide bonds. The van der Waals surface area contributed by atoms with Gasteiger partial charge in [0, 0.05) is 22.5 Å². The van der Waals surface area contributed by atoms with Crippen LogP contribution in [0.2, 0.25) is 5.02 Å². The number of rotatable bonds is 5. The minimum atomic E-state index is -0.0916. The second-order valence-electron chi connectivity index (χ2n) is 6.05. The number of aryl methyl sites for hydroxylation is 1. The van der Waals surface area contributed by atoms with E-state index in [-0.39, 0.29) is 5.56 Å². The normalized spacial score (nSPS) is 11.2. The number of fused-ring (bicyclic) bond motifs is 1. The molecule has 130 valence electrons. The smallest absolute Gasteiger partial charge is 0.275 e. The van der Waals surface area contributed by atoms with Crippen molar-refractivity contribution in [1.82, 2.24) is 14.7 Å². The second kappa shape index (κ2) is 7.25. The number of methoxy groups -OCH3 is 1. The summed E-state index contributed by atoms with van der Waals surface area (Å²) in [6.45, 7) is 2.88. The van der Waals surface area contributed by atoms with Gasteiger partial charge in [-0.3, -0.25) is 9.69 Å². The Bertz CT molecular complexity index is 969. The molecule has 2 aromatic carbocycles. The maximum atomic E-state index is 12.7. The molecule has 5 nitrogen and oxygen atoms in total. The topological polar surface area (TPSA) is 47.4 Å². The Morgan fingerprint density at radius 3 is 2.64 bits per heavy atom. The van der Waals surface area contributed by atoms with Gasteiger partial charge in [-0.25, -0.2) is 4.68 Å². The lowest BCUT2D eigenvalue weighted by Gasteiger charge is -2.19. The Kier molecular flexibility index (Phi) is 5.06. The van der Waals surface area contributed by atoms with Gasteiger partial charge in [0.25, 0.3) is 5.56 Å². The van der Waals surface area contributed by atoms with Crippen LogP contribution in [0.3, 0.4) is 0 Å². The Balaban J connectivity index is 1.88. The number of halogens is 1. The number of hydrogen-bond acceptors (Lipinski definition) is 4. The first-order valence-corrected chi connectivity index (χ1v) is 8.35. The first kappa shape index (κ1) is 17.5. The van der Waals surface area contributed by atoms with E-state index in [1.807, 2.05) is 55.3 Å². The number of benzene rings is 2. The quantitative estimate of drug-likeness (QED) is 0.701. The summed E-state index contributed by atoms with van der Waals surface area (Å²) in [7, 11) is 3.56. The van der Waals surface area contributed by atoms with Crippen LogP contribution >= 0.6 is 11.6 Å². The number of ether oxygens (including phenoxy) is 1. The molecule has 0 radical (unpaired) electrons. The molecule has 0 aliphatic heterocycles. The van der Waals surface area contributed by atoms with Crippen LogP contribution in [0.1, 0.15) is 11.3 Å². The predicted octanol–water partition coefficient (Wildman–Crippen LogP) is 3.46. The van der Waals surface area contributed by atoms with E-state index in [4.69, 9.17) is 16.3 Å². The molecule has 0 saturated heterocycles. The van der Waals surface area contributed by atoms with Gasteiger partial charge in [-0.05, 0) is 38.2 Å². The van der Waals surface area contributed by atoms with Gasteiger partial charge in [-0.15, -0.1) is 0 Å². The first-order valence-electron chi connectivity index (χ1n) is 7.97. The van der Waals surface area contributed by atoms with E-state index in [2.05, 4.69) is 5.10 Å². The zero-order valence-corrected chi connectivity index (χ0v) is 15.2. The van der Waals surface area contributed by atoms with Gasteiger partial charge in [0.15, 0.2) is 0 Å². The molecule has 0 bridgehead atoms.